The quantitative estimate of drug-likeness (QED) is 0.628. The number of carbonyl (C=O) groups excluding carboxylic acids is 1. The van der Waals surface area contributed by atoms with Gasteiger partial charge in [0.1, 0.15) is 5.82 Å². The zero-order valence-corrected chi connectivity index (χ0v) is 11.8. The molecule has 106 valence electrons. The fourth-order valence-corrected chi connectivity index (χ4v) is 1.71. The van der Waals surface area contributed by atoms with Gasteiger partial charge in [0.25, 0.3) is 0 Å². The van der Waals surface area contributed by atoms with Crippen LogP contribution in [0.25, 0.3) is 0 Å². The van der Waals surface area contributed by atoms with E-state index in [0.29, 0.717) is 12.1 Å². The van der Waals surface area contributed by atoms with E-state index in [9.17, 15) is 4.79 Å². The molecule has 1 rings (SSSR count). The molecule has 0 spiro atoms. The van der Waals surface area contributed by atoms with Gasteiger partial charge in [-0.25, -0.2) is 4.98 Å². The molecule has 0 bridgehead atoms. The molecular formula is C14H24N4O. The molecule has 0 unspecified atom stereocenters. The van der Waals surface area contributed by atoms with Crippen LogP contribution in [0.4, 0.5) is 11.5 Å². The maximum Gasteiger partial charge on any atom is 0.219 e. The highest BCUT2D eigenvalue weighted by atomic mass is 16.1. The van der Waals surface area contributed by atoms with Gasteiger partial charge in [0.15, 0.2) is 0 Å². The summed E-state index contributed by atoms with van der Waals surface area (Å²) in [4.78, 5) is 15.4. The highest BCUT2D eigenvalue weighted by molar-refractivity contribution is 5.75. The van der Waals surface area contributed by atoms with Crippen molar-refractivity contribution in [2.24, 2.45) is 0 Å². The van der Waals surface area contributed by atoms with Gasteiger partial charge in [0.05, 0.1) is 5.69 Å². The Hall–Kier alpha value is -1.78. The number of unbranched alkanes of at least 4 members (excludes halogenated alkanes) is 1. The number of hydrogen-bond donors (Lipinski definition) is 3. The van der Waals surface area contributed by atoms with Crippen molar-refractivity contribution in [2.45, 2.75) is 39.5 Å². The second-order valence-corrected chi connectivity index (χ2v) is 4.62. The SMILES string of the molecule is CCCC(=O)NCCCCNc1nccc(C)c1N. The monoisotopic (exact) mass is 264 g/mol. The summed E-state index contributed by atoms with van der Waals surface area (Å²) < 4.78 is 0. The van der Waals surface area contributed by atoms with E-state index in [0.717, 1.165) is 43.7 Å². The van der Waals surface area contributed by atoms with Gasteiger partial charge in [-0.2, -0.15) is 0 Å². The highest BCUT2D eigenvalue weighted by Crippen LogP contribution is 2.18. The van der Waals surface area contributed by atoms with Gasteiger partial charge in [-0.3, -0.25) is 4.79 Å². The number of amides is 1. The Morgan fingerprint density at radius 2 is 2.11 bits per heavy atom. The first-order chi connectivity index (χ1) is 9.15. The minimum Gasteiger partial charge on any atom is -0.396 e. The van der Waals surface area contributed by atoms with Crippen LogP contribution < -0.4 is 16.4 Å². The Morgan fingerprint density at radius 3 is 2.84 bits per heavy atom. The lowest BCUT2D eigenvalue weighted by Gasteiger charge is -2.10. The zero-order chi connectivity index (χ0) is 14.1. The summed E-state index contributed by atoms with van der Waals surface area (Å²) in [5.74, 6) is 0.884. The molecule has 4 N–H and O–H groups in total. The van der Waals surface area contributed by atoms with Crippen LogP contribution in [0.3, 0.4) is 0 Å². The van der Waals surface area contributed by atoms with E-state index in [-0.39, 0.29) is 5.91 Å². The van der Waals surface area contributed by atoms with Crippen LogP contribution >= 0.6 is 0 Å². The molecule has 19 heavy (non-hydrogen) atoms. The van der Waals surface area contributed by atoms with Gasteiger partial charge in [-0.1, -0.05) is 6.92 Å². The molecule has 0 aliphatic rings. The third kappa shape index (κ3) is 5.59. The first kappa shape index (κ1) is 15.3. The van der Waals surface area contributed by atoms with Crippen molar-refractivity contribution >= 4 is 17.4 Å². The van der Waals surface area contributed by atoms with Crippen LogP contribution in [-0.4, -0.2) is 24.0 Å². The average molecular weight is 264 g/mol. The lowest BCUT2D eigenvalue weighted by molar-refractivity contribution is -0.121. The number of anilines is 2. The molecule has 0 fully saturated rings. The topological polar surface area (TPSA) is 80.0 Å². The first-order valence-corrected chi connectivity index (χ1v) is 6.86. The molecule has 5 nitrogen and oxygen atoms in total. The maximum atomic E-state index is 11.2. The van der Waals surface area contributed by atoms with Gasteiger partial charge in [0, 0.05) is 25.7 Å². The van der Waals surface area contributed by atoms with E-state index >= 15 is 0 Å². The van der Waals surface area contributed by atoms with E-state index in [1.54, 1.807) is 6.20 Å². The van der Waals surface area contributed by atoms with Crippen molar-refractivity contribution in [2.75, 3.05) is 24.1 Å². The Labute approximate surface area is 115 Å². The van der Waals surface area contributed by atoms with E-state index in [4.69, 9.17) is 5.73 Å². The molecule has 1 aromatic rings. The van der Waals surface area contributed by atoms with Crippen LogP contribution in [0.2, 0.25) is 0 Å². The van der Waals surface area contributed by atoms with E-state index < -0.39 is 0 Å². The largest absolute Gasteiger partial charge is 0.396 e. The number of nitrogen functional groups attached to an aromatic ring is 1. The van der Waals surface area contributed by atoms with Gasteiger partial charge in [0.2, 0.25) is 5.91 Å². The summed E-state index contributed by atoms with van der Waals surface area (Å²) >= 11 is 0. The number of nitrogens with two attached hydrogens (primary N) is 1. The van der Waals surface area contributed by atoms with Crippen molar-refractivity contribution < 1.29 is 4.79 Å². The number of nitrogens with zero attached hydrogens (tertiary/aromatic N) is 1. The molecule has 0 saturated heterocycles. The number of aromatic nitrogens is 1. The van der Waals surface area contributed by atoms with Crippen molar-refractivity contribution in [1.82, 2.24) is 10.3 Å². The summed E-state index contributed by atoms with van der Waals surface area (Å²) in [7, 11) is 0. The fourth-order valence-electron chi connectivity index (χ4n) is 1.71. The van der Waals surface area contributed by atoms with Gasteiger partial charge in [-0.15, -0.1) is 0 Å². The molecule has 1 heterocycles. The zero-order valence-electron chi connectivity index (χ0n) is 11.8. The Balaban J connectivity index is 2.14. The number of pyridine rings is 1. The fraction of sp³-hybridized carbons (Fsp3) is 0.571. The Kier molecular flexibility index (Phi) is 6.71. The summed E-state index contributed by atoms with van der Waals surface area (Å²) in [6.45, 7) is 5.51. The van der Waals surface area contributed by atoms with Crippen LogP contribution in [0.1, 0.15) is 38.2 Å². The third-order valence-corrected chi connectivity index (χ3v) is 2.90. The van der Waals surface area contributed by atoms with Crippen LogP contribution in [0.15, 0.2) is 12.3 Å². The van der Waals surface area contributed by atoms with Crippen molar-refractivity contribution in [3.05, 3.63) is 17.8 Å². The summed E-state index contributed by atoms with van der Waals surface area (Å²) in [6.07, 6.45) is 5.18. The lowest BCUT2D eigenvalue weighted by atomic mass is 10.2. The molecule has 0 aliphatic heterocycles. The Bertz CT molecular complexity index is 406. The molecule has 5 heteroatoms. The number of nitrogens with one attached hydrogen (secondary N) is 2. The second kappa shape index (κ2) is 8.34. The normalized spacial score (nSPS) is 10.2. The number of hydrogen-bond acceptors (Lipinski definition) is 4. The Morgan fingerprint density at radius 1 is 1.37 bits per heavy atom. The van der Waals surface area contributed by atoms with Crippen LogP contribution in [0.5, 0.6) is 0 Å². The molecule has 0 aliphatic carbocycles. The number of aryl methyl sites for hydroxylation is 1. The van der Waals surface area contributed by atoms with Gasteiger partial charge in [-0.05, 0) is 37.8 Å². The molecule has 1 amide bonds. The van der Waals surface area contributed by atoms with Gasteiger partial charge < -0.3 is 16.4 Å². The third-order valence-electron chi connectivity index (χ3n) is 2.90. The average Bonchev–Trinajstić information content (AvgIpc) is 2.38. The number of rotatable bonds is 8. The van der Waals surface area contributed by atoms with Gasteiger partial charge >= 0.3 is 0 Å². The molecule has 0 atom stereocenters. The minimum absolute atomic E-state index is 0.139. The predicted molar refractivity (Wildman–Crippen MR) is 79.0 cm³/mol. The first-order valence-electron chi connectivity index (χ1n) is 6.86. The lowest BCUT2D eigenvalue weighted by Crippen LogP contribution is -2.24. The molecule has 0 aromatic carbocycles. The van der Waals surface area contributed by atoms with Crippen LogP contribution in [0, 0.1) is 6.92 Å². The van der Waals surface area contributed by atoms with Crippen molar-refractivity contribution in [3.8, 4) is 0 Å². The highest BCUT2D eigenvalue weighted by Gasteiger charge is 2.02. The smallest absolute Gasteiger partial charge is 0.219 e. The maximum absolute atomic E-state index is 11.2. The summed E-state index contributed by atoms with van der Waals surface area (Å²) in [5, 5.41) is 6.11. The summed E-state index contributed by atoms with van der Waals surface area (Å²) in [5.41, 5.74) is 7.65. The predicted octanol–water partition coefficient (Wildman–Crippen LogP) is 2.08. The summed E-state index contributed by atoms with van der Waals surface area (Å²) in [6, 6.07) is 1.89. The number of carbonyl (C=O) groups is 1. The molecule has 0 radical (unpaired) electrons. The van der Waals surface area contributed by atoms with Crippen LogP contribution in [-0.2, 0) is 4.79 Å². The van der Waals surface area contributed by atoms with Crippen molar-refractivity contribution in [3.63, 3.8) is 0 Å². The van der Waals surface area contributed by atoms with E-state index in [2.05, 4.69) is 15.6 Å². The molecular weight excluding hydrogens is 240 g/mol. The molecule has 1 aromatic heterocycles. The minimum atomic E-state index is 0.139. The molecule has 0 saturated carbocycles. The standard InChI is InChI=1S/C14H24N4O/c1-3-6-12(19)16-8-4-5-9-17-14-13(15)11(2)7-10-18-14/h7,10H,3-6,8-9,15H2,1-2H3,(H,16,19)(H,17,18). The second-order valence-electron chi connectivity index (χ2n) is 4.62. The van der Waals surface area contributed by atoms with E-state index in [1.807, 2.05) is 19.9 Å². The van der Waals surface area contributed by atoms with Crippen molar-refractivity contribution in [1.29, 1.82) is 0 Å². The van der Waals surface area contributed by atoms with E-state index in [1.165, 1.54) is 0 Å².